The zero-order chi connectivity index (χ0) is 10.8. The first kappa shape index (κ1) is 10.3. The Bertz CT molecular complexity index is 274. The van der Waals surface area contributed by atoms with E-state index in [0.29, 0.717) is 13.1 Å². The van der Waals surface area contributed by atoms with Gasteiger partial charge in [-0.2, -0.15) is 0 Å². The second-order valence-electron chi connectivity index (χ2n) is 4.13. The minimum atomic E-state index is -0.314. The lowest BCUT2D eigenvalue weighted by Crippen LogP contribution is -2.47. The number of urea groups is 1. The zero-order valence-corrected chi connectivity index (χ0v) is 9.03. The number of hydrogen-bond donors (Lipinski definition) is 1. The number of rotatable bonds is 2. The number of amides is 3. The molecule has 2 aliphatic rings. The van der Waals surface area contributed by atoms with E-state index in [-0.39, 0.29) is 18.0 Å². The van der Waals surface area contributed by atoms with E-state index in [4.69, 9.17) is 0 Å². The third-order valence-corrected chi connectivity index (χ3v) is 3.13. The highest BCUT2D eigenvalue weighted by Crippen LogP contribution is 2.13. The molecular formula is C10H17N3O2. The Morgan fingerprint density at radius 3 is 2.53 bits per heavy atom. The van der Waals surface area contributed by atoms with Crippen molar-refractivity contribution in [3.8, 4) is 0 Å². The zero-order valence-electron chi connectivity index (χ0n) is 9.03. The van der Waals surface area contributed by atoms with Gasteiger partial charge in [-0.15, -0.1) is 0 Å². The molecule has 15 heavy (non-hydrogen) atoms. The van der Waals surface area contributed by atoms with Gasteiger partial charge in [0.25, 0.3) is 0 Å². The summed E-state index contributed by atoms with van der Waals surface area (Å²) in [6, 6.07) is -0.430. The van der Waals surface area contributed by atoms with E-state index in [1.54, 1.807) is 4.90 Å². The van der Waals surface area contributed by atoms with Crippen molar-refractivity contribution in [3.63, 3.8) is 0 Å². The quantitative estimate of drug-likeness (QED) is 0.700. The van der Waals surface area contributed by atoms with E-state index < -0.39 is 0 Å². The predicted molar refractivity (Wildman–Crippen MR) is 55.4 cm³/mol. The smallest absolute Gasteiger partial charge is 0.318 e. The molecule has 2 saturated heterocycles. The molecule has 84 valence electrons. The standard InChI is InChI=1S/C10H17N3O2/c1-8(13-7-4-11-10(13)15)9(14)12-5-2-3-6-12/h8H,2-7H2,1H3,(H,11,15). The van der Waals surface area contributed by atoms with Crippen molar-refractivity contribution in [1.82, 2.24) is 15.1 Å². The van der Waals surface area contributed by atoms with Gasteiger partial charge < -0.3 is 15.1 Å². The van der Waals surface area contributed by atoms with E-state index in [0.717, 1.165) is 25.9 Å². The van der Waals surface area contributed by atoms with Crippen LogP contribution in [0.4, 0.5) is 4.79 Å². The van der Waals surface area contributed by atoms with Gasteiger partial charge in [0.05, 0.1) is 0 Å². The molecule has 0 aromatic heterocycles. The number of carbonyl (C=O) groups excluding carboxylic acids is 2. The van der Waals surface area contributed by atoms with Crippen LogP contribution >= 0.6 is 0 Å². The maximum Gasteiger partial charge on any atom is 0.318 e. The fraction of sp³-hybridized carbons (Fsp3) is 0.800. The molecule has 1 atom stereocenters. The maximum absolute atomic E-state index is 12.0. The molecular weight excluding hydrogens is 194 g/mol. The molecule has 2 aliphatic heterocycles. The summed E-state index contributed by atoms with van der Waals surface area (Å²) in [5.41, 5.74) is 0. The van der Waals surface area contributed by atoms with Crippen LogP contribution in [-0.2, 0) is 4.79 Å². The number of likely N-dealkylation sites (tertiary alicyclic amines) is 1. The average molecular weight is 211 g/mol. The molecule has 0 radical (unpaired) electrons. The molecule has 0 aromatic carbocycles. The first-order valence-electron chi connectivity index (χ1n) is 5.53. The molecule has 0 saturated carbocycles. The molecule has 0 aliphatic carbocycles. The van der Waals surface area contributed by atoms with Crippen molar-refractivity contribution in [2.45, 2.75) is 25.8 Å². The summed E-state index contributed by atoms with van der Waals surface area (Å²) < 4.78 is 0. The third-order valence-electron chi connectivity index (χ3n) is 3.13. The molecule has 0 bridgehead atoms. The van der Waals surface area contributed by atoms with E-state index in [9.17, 15) is 9.59 Å². The highest BCUT2D eigenvalue weighted by atomic mass is 16.2. The van der Waals surface area contributed by atoms with Crippen LogP contribution in [0.2, 0.25) is 0 Å². The van der Waals surface area contributed by atoms with Crippen molar-refractivity contribution in [1.29, 1.82) is 0 Å². The minimum absolute atomic E-state index is 0.0875. The van der Waals surface area contributed by atoms with Crippen molar-refractivity contribution in [2.75, 3.05) is 26.2 Å². The van der Waals surface area contributed by atoms with Crippen LogP contribution in [0.1, 0.15) is 19.8 Å². The van der Waals surface area contributed by atoms with Crippen LogP contribution in [0, 0.1) is 0 Å². The monoisotopic (exact) mass is 211 g/mol. The van der Waals surface area contributed by atoms with Crippen LogP contribution in [0.25, 0.3) is 0 Å². The third kappa shape index (κ3) is 1.91. The second-order valence-corrected chi connectivity index (χ2v) is 4.13. The van der Waals surface area contributed by atoms with E-state index in [1.807, 2.05) is 11.8 Å². The molecule has 0 spiro atoms. The lowest BCUT2D eigenvalue weighted by atomic mass is 10.2. The SMILES string of the molecule is CC(C(=O)N1CCCC1)N1CCNC1=O. The number of hydrogen-bond acceptors (Lipinski definition) is 2. The fourth-order valence-electron chi connectivity index (χ4n) is 2.19. The van der Waals surface area contributed by atoms with Gasteiger partial charge in [-0.25, -0.2) is 4.79 Å². The Kier molecular flexibility index (Phi) is 2.79. The van der Waals surface area contributed by atoms with E-state index >= 15 is 0 Å². The summed E-state index contributed by atoms with van der Waals surface area (Å²) in [7, 11) is 0. The van der Waals surface area contributed by atoms with Crippen LogP contribution in [0.3, 0.4) is 0 Å². The fourth-order valence-corrected chi connectivity index (χ4v) is 2.19. The van der Waals surface area contributed by atoms with Crippen LogP contribution in [0.5, 0.6) is 0 Å². The molecule has 2 fully saturated rings. The maximum atomic E-state index is 12.0. The molecule has 0 aromatic rings. The minimum Gasteiger partial charge on any atom is -0.341 e. The van der Waals surface area contributed by atoms with Crippen LogP contribution in [-0.4, -0.2) is 54.0 Å². The number of carbonyl (C=O) groups is 2. The first-order chi connectivity index (χ1) is 7.20. The molecule has 5 nitrogen and oxygen atoms in total. The molecule has 2 rings (SSSR count). The summed E-state index contributed by atoms with van der Waals surface area (Å²) >= 11 is 0. The topological polar surface area (TPSA) is 52.7 Å². The van der Waals surface area contributed by atoms with E-state index in [1.165, 1.54) is 0 Å². The van der Waals surface area contributed by atoms with Crippen molar-refractivity contribution >= 4 is 11.9 Å². The van der Waals surface area contributed by atoms with Gasteiger partial charge in [-0.05, 0) is 19.8 Å². The van der Waals surface area contributed by atoms with Gasteiger partial charge in [-0.1, -0.05) is 0 Å². The second kappa shape index (κ2) is 4.08. The molecule has 3 amide bonds. The molecule has 2 heterocycles. The van der Waals surface area contributed by atoms with Gasteiger partial charge in [0.15, 0.2) is 0 Å². The van der Waals surface area contributed by atoms with Gasteiger partial charge >= 0.3 is 6.03 Å². The Labute approximate surface area is 89.4 Å². The van der Waals surface area contributed by atoms with E-state index in [2.05, 4.69) is 5.32 Å². The largest absolute Gasteiger partial charge is 0.341 e. The van der Waals surface area contributed by atoms with Gasteiger partial charge in [-0.3, -0.25) is 4.79 Å². The van der Waals surface area contributed by atoms with Crippen LogP contribution in [0.15, 0.2) is 0 Å². The average Bonchev–Trinajstić information content (AvgIpc) is 2.85. The van der Waals surface area contributed by atoms with Crippen molar-refractivity contribution < 1.29 is 9.59 Å². The highest BCUT2D eigenvalue weighted by Gasteiger charge is 2.32. The lowest BCUT2D eigenvalue weighted by molar-refractivity contribution is -0.134. The lowest BCUT2D eigenvalue weighted by Gasteiger charge is -2.26. The highest BCUT2D eigenvalue weighted by molar-refractivity contribution is 5.87. The summed E-state index contributed by atoms with van der Waals surface area (Å²) in [4.78, 5) is 26.8. The molecule has 5 heteroatoms. The Morgan fingerprint density at radius 1 is 1.33 bits per heavy atom. The first-order valence-corrected chi connectivity index (χ1v) is 5.53. The van der Waals surface area contributed by atoms with Gasteiger partial charge in [0.1, 0.15) is 6.04 Å². The summed E-state index contributed by atoms with van der Waals surface area (Å²) in [5, 5.41) is 2.71. The normalized spacial score (nSPS) is 23.1. The predicted octanol–water partition coefficient (Wildman–Crippen LogP) is 0.0225. The number of nitrogens with one attached hydrogen (secondary N) is 1. The van der Waals surface area contributed by atoms with Crippen LogP contribution < -0.4 is 5.32 Å². The molecule has 1 unspecified atom stereocenters. The Balaban J connectivity index is 1.97. The van der Waals surface area contributed by atoms with Gasteiger partial charge in [0, 0.05) is 26.2 Å². The Hall–Kier alpha value is -1.26. The Morgan fingerprint density at radius 2 is 2.00 bits per heavy atom. The van der Waals surface area contributed by atoms with Crippen molar-refractivity contribution in [3.05, 3.63) is 0 Å². The molecule has 1 N–H and O–H groups in total. The number of nitrogens with zero attached hydrogens (tertiary/aromatic N) is 2. The van der Waals surface area contributed by atoms with Gasteiger partial charge in [0.2, 0.25) is 5.91 Å². The summed E-state index contributed by atoms with van der Waals surface area (Å²) in [5.74, 6) is 0.0875. The summed E-state index contributed by atoms with van der Waals surface area (Å²) in [6.45, 7) is 4.79. The summed E-state index contributed by atoms with van der Waals surface area (Å²) in [6.07, 6.45) is 2.18. The van der Waals surface area contributed by atoms with Crippen molar-refractivity contribution in [2.24, 2.45) is 0 Å².